The van der Waals surface area contributed by atoms with Crippen LogP contribution in [0.4, 0.5) is 5.82 Å². The van der Waals surface area contributed by atoms with E-state index in [2.05, 4.69) is 61.4 Å². The Bertz CT molecular complexity index is 542. The highest BCUT2D eigenvalue weighted by molar-refractivity contribution is 9.10. The molecule has 0 aliphatic heterocycles. The summed E-state index contributed by atoms with van der Waals surface area (Å²) in [6.45, 7) is 4.55. The molecule has 0 saturated heterocycles. The fourth-order valence-corrected chi connectivity index (χ4v) is 2.37. The molecule has 0 saturated carbocycles. The van der Waals surface area contributed by atoms with Crippen LogP contribution in [0.2, 0.25) is 0 Å². The predicted octanol–water partition coefficient (Wildman–Crippen LogP) is 3.30. The lowest BCUT2D eigenvalue weighted by Gasteiger charge is -2.17. The van der Waals surface area contributed by atoms with Crippen molar-refractivity contribution in [3.8, 4) is 0 Å². The summed E-state index contributed by atoms with van der Waals surface area (Å²) < 4.78 is 1.14. The van der Waals surface area contributed by atoms with Crippen LogP contribution >= 0.6 is 15.9 Å². The van der Waals surface area contributed by atoms with Crippen LogP contribution in [0.3, 0.4) is 0 Å². The molecule has 1 aromatic heterocycles. The Hall–Kier alpha value is -1.46. The van der Waals surface area contributed by atoms with Crippen LogP contribution < -0.4 is 5.32 Å². The smallest absolute Gasteiger partial charge is 0.144 e. The number of hydrogen-bond acceptors (Lipinski definition) is 4. The van der Waals surface area contributed by atoms with Crippen molar-refractivity contribution in [1.29, 1.82) is 0 Å². The van der Waals surface area contributed by atoms with Crippen molar-refractivity contribution in [2.75, 3.05) is 18.9 Å². The Morgan fingerprint density at radius 3 is 2.60 bits per heavy atom. The molecule has 0 aliphatic carbocycles. The molecule has 4 nitrogen and oxygen atoms in total. The summed E-state index contributed by atoms with van der Waals surface area (Å²) in [7, 11) is 2.08. The van der Waals surface area contributed by atoms with Crippen molar-refractivity contribution in [1.82, 2.24) is 14.9 Å². The summed E-state index contributed by atoms with van der Waals surface area (Å²) in [6, 6.07) is 8.27. The number of rotatable bonds is 6. The zero-order valence-corrected chi connectivity index (χ0v) is 13.4. The van der Waals surface area contributed by atoms with E-state index in [4.69, 9.17) is 0 Å². The molecular weight excluding hydrogens is 316 g/mol. The fourth-order valence-electron chi connectivity index (χ4n) is 1.96. The van der Waals surface area contributed by atoms with E-state index in [0.717, 1.165) is 35.6 Å². The Morgan fingerprint density at radius 1 is 1.15 bits per heavy atom. The number of benzene rings is 1. The van der Waals surface area contributed by atoms with E-state index in [0.29, 0.717) is 0 Å². The van der Waals surface area contributed by atoms with Gasteiger partial charge in [0.05, 0.1) is 18.1 Å². The van der Waals surface area contributed by atoms with Gasteiger partial charge in [0.25, 0.3) is 0 Å². The second kappa shape index (κ2) is 7.36. The first-order valence-electron chi connectivity index (χ1n) is 6.65. The highest BCUT2D eigenvalue weighted by Gasteiger charge is 2.05. The van der Waals surface area contributed by atoms with Gasteiger partial charge in [0.1, 0.15) is 5.82 Å². The van der Waals surface area contributed by atoms with Crippen LogP contribution in [-0.2, 0) is 13.1 Å². The summed E-state index contributed by atoms with van der Waals surface area (Å²) in [6.07, 6.45) is 3.61. The lowest BCUT2D eigenvalue weighted by atomic mass is 10.2. The summed E-state index contributed by atoms with van der Waals surface area (Å²) in [5, 5.41) is 3.14. The molecule has 106 valence electrons. The van der Waals surface area contributed by atoms with Crippen molar-refractivity contribution < 1.29 is 0 Å². The maximum Gasteiger partial charge on any atom is 0.144 e. The van der Waals surface area contributed by atoms with Gasteiger partial charge in [-0.1, -0.05) is 34.1 Å². The van der Waals surface area contributed by atoms with Gasteiger partial charge in [-0.2, -0.15) is 0 Å². The zero-order chi connectivity index (χ0) is 14.4. The highest BCUT2D eigenvalue weighted by atomic mass is 79.9. The molecule has 1 heterocycles. The van der Waals surface area contributed by atoms with Crippen molar-refractivity contribution in [3.05, 3.63) is 52.4 Å². The first kappa shape index (κ1) is 14.9. The largest absolute Gasteiger partial charge is 0.369 e. The number of halogens is 1. The summed E-state index contributed by atoms with van der Waals surface area (Å²) in [4.78, 5) is 11.0. The number of aromatic nitrogens is 2. The Kier molecular flexibility index (Phi) is 5.49. The first-order valence-corrected chi connectivity index (χ1v) is 7.45. The van der Waals surface area contributed by atoms with Gasteiger partial charge in [0.2, 0.25) is 0 Å². The van der Waals surface area contributed by atoms with E-state index < -0.39 is 0 Å². The number of anilines is 1. The van der Waals surface area contributed by atoms with E-state index in [9.17, 15) is 0 Å². The van der Waals surface area contributed by atoms with Gasteiger partial charge in [-0.15, -0.1) is 0 Å². The average Bonchev–Trinajstić information content (AvgIpc) is 2.44. The van der Waals surface area contributed by atoms with E-state index >= 15 is 0 Å². The quantitative estimate of drug-likeness (QED) is 0.879. The molecule has 0 spiro atoms. The van der Waals surface area contributed by atoms with Crippen LogP contribution in [0.25, 0.3) is 0 Å². The van der Waals surface area contributed by atoms with Crippen LogP contribution in [-0.4, -0.2) is 28.5 Å². The third kappa shape index (κ3) is 4.28. The minimum Gasteiger partial charge on any atom is -0.369 e. The minimum atomic E-state index is 0.779. The first-order chi connectivity index (χ1) is 9.69. The summed E-state index contributed by atoms with van der Waals surface area (Å²) >= 11 is 3.57. The topological polar surface area (TPSA) is 41.1 Å². The van der Waals surface area contributed by atoms with Gasteiger partial charge in [-0.3, -0.25) is 9.88 Å². The van der Waals surface area contributed by atoms with Crippen LogP contribution in [0.5, 0.6) is 0 Å². The molecule has 2 rings (SSSR count). The van der Waals surface area contributed by atoms with E-state index in [1.807, 2.05) is 19.2 Å². The van der Waals surface area contributed by atoms with Crippen LogP contribution in [0, 0.1) is 0 Å². The molecule has 0 bridgehead atoms. The number of nitrogens with one attached hydrogen (secondary N) is 1. The summed E-state index contributed by atoms with van der Waals surface area (Å²) in [5.41, 5.74) is 2.24. The van der Waals surface area contributed by atoms with Crippen LogP contribution in [0.15, 0.2) is 41.1 Å². The molecule has 20 heavy (non-hydrogen) atoms. The van der Waals surface area contributed by atoms with Gasteiger partial charge in [-0.25, -0.2) is 4.98 Å². The second-order valence-corrected chi connectivity index (χ2v) is 5.54. The monoisotopic (exact) mass is 334 g/mol. The SMILES string of the molecule is CCNc1cnc(CN(C)Cc2ccccc2Br)cn1. The summed E-state index contributed by atoms with van der Waals surface area (Å²) in [5.74, 6) is 0.824. The van der Waals surface area contributed by atoms with Gasteiger partial charge >= 0.3 is 0 Å². The molecule has 1 N–H and O–H groups in total. The van der Waals surface area contributed by atoms with E-state index in [-0.39, 0.29) is 0 Å². The maximum absolute atomic E-state index is 4.42. The highest BCUT2D eigenvalue weighted by Crippen LogP contribution is 2.17. The minimum absolute atomic E-state index is 0.779. The lowest BCUT2D eigenvalue weighted by Crippen LogP contribution is -2.18. The third-order valence-corrected chi connectivity index (χ3v) is 3.67. The lowest BCUT2D eigenvalue weighted by molar-refractivity contribution is 0.314. The fraction of sp³-hybridized carbons (Fsp3) is 0.333. The van der Waals surface area contributed by atoms with Gasteiger partial charge < -0.3 is 5.32 Å². The Balaban J connectivity index is 1.94. The van der Waals surface area contributed by atoms with Crippen molar-refractivity contribution >= 4 is 21.7 Å². The van der Waals surface area contributed by atoms with Gasteiger partial charge in [-0.05, 0) is 25.6 Å². The Labute approximate surface area is 128 Å². The van der Waals surface area contributed by atoms with Gasteiger partial charge in [0, 0.05) is 24.1 Å². The third-order valence-electron chi connectivity index (χ3n) is 2.89. The predicted molar refractivity (Wildman–Crippen MR) is 85.5 cm³/mol. The van der Waals surface area contributed by atoms with Crippen molar-refractivity contribution in [2.24, 2.45) is 0 Å². The standard InChI is InChI=1S/C15H19BrN4/c1-3-17-15-9-18-13(8-19-15)11-20(2)10-12-6-4-5-7-14(12)16/h4-9H,3,10-11H2,1-2H3,(H,17,19). The van der Waals surface area contributed by atoms with Gasteiger partial charge in [0.15, 0.2) is 0 Å². The maximum atomic E-state index is 4.42. The molecule has 0 atom stereocenters. The van der Waals surface area contributed by atoms with E-state index in [1.54, 1.807) is 6.20 Å². The van der Waals surface area contributed by atoms with Crippen molar-refractivity contribution in [3.63, 3.8) is 0 Å². The normalized spacial score (nSPS) is 10.8. The van der Waals surface area contributed by atoms with Crippen LogP contribution in [0.1, 0.15) is 18.2 Å². The molecule has 0 aliphatic rings. The molecule has 1 aromatic carbocycles. The second-order valence-electron chi connectivity index (χ2n) is 4.69. The molecular formula is C15H19BrN4. The average molecular weight is 335 g/mol. The molecule has 2 aromatic rings. The zero-order valence-electron chi connectivity index (χ0n) is 11.8. The van der Waals surface area contributed by atoms with Crippen molar-refractivity contribution in [2.45, 2.75) is 20.0 Å². The number of nitrogens with zero attached hydrogens (tertiary/aromatic N) is 3. The molecule has 0 radical (unpaired) electrons. The number of hydrogen-bond donors (Lipinski definition) is 1. The Morgan fingerprint density at radius 2 is 1.95 bits per heavy atom. The molecule has 5 heteroatoms. The molecule has 0 fully saturated rings. The molecule has 0 unspecified atom stereocenters. The van der Waals surface area contributed by atoms with E-state index in [1.165, 1.54) is 5.56 Å². The molecule has 0 amide bonds.